The van der Waals surface area contributed by atoms with Crippen LogP contribution in [0.4, 0.5) is 10.2 Å². The molecule has 1 saturated heterocycles. The van der Waals surface area contributed by atoms with Crippen LogP contribution in [0, 0.1) is 0 Å². The Balaban J connectivity index is 2.04. The van der Waals surface area contributed by atoms with E-state index >= 15 is 4.39 Å². The smallest absolute Gasteiger partial charge is 0.351 e. The van der Waals surface area contributed by atoms with Gasteiger partial charge in [0.05, 0.1) is 25.6 Å². The number of nitrogens with one attached hydrogen (secondary N) is 1. The molecular formula is C18H27FN3O7PS. The molecule has 1 aliphatic heterocycles. The Labute approximate surface area is 186 Å². The Hall–Kier alpha value is -1.56. The first-order valence-electron chi connectivity index (χ1n) is 9.49. The summed E-state index contributed by atoms with van der Waals surface area (Å²) in [7, 11) is -0.459. The Morgan fingerprint density at radius 2 is 2.19 bits per heavy atom. The molecule has 0 spiro atoms. The number of carbonyl (C=O) groups is 1. The first kappa shape index (κ1) is 25.7. The van der Waals surface area contributed by atoms with Gasteiger partial charge in [-0.1, -0.05) is 6.58 Å². The second-order valence-corrected chi connectivity index (χ2v) is 7.69. The van der Waals surface area contributed by atoms with Gasteiger partial charge in [-0.15, -0.1) is 0 Å². The molecule has 0 aromatic carbocycles. The average molecular weight is 479 g/mol. The molecule has 1 aromatic rings. The van der Waals surface area contributed by atoms with Crippen LogP contribution in [-0.2, 0) is 28.1 Å². The van der Waals surface area contributed by atoms with Crippen molar-refractivity contribution in [3.05, 3.63) is 35.1 Å². The van der Waals surface area contributed by atoms with Crippen LogP contribution in [0.15, 0.2) is 29.4 Å². The van der Waals surface area contributed by atoms with Crippen molar-refractivity contribution in [2.24, 2.45) is 0 Å². The van der Waals surface area contributed by atoms with E-state index in [9.17, 15) is 9.59 Å². The summed E-state index contributed by atoms with van der Waals surface area (Å²) in [4.78, 5) is 27.2. The van der Waals surface area contributed by atoms with Crippen LogP contribution >= 0.6 is 21.7 Å². The molecule has 5 atom stereocenters. The molecular weight excluding hydrogens is 452 g/mol. The first-order valence-corrected chi connectivity index (χ1v) is 10.9. The molecule has 1 aliphatic rings. The number of allylic oxidation sites excluding steroid dienone is 1. The second kappa shape index (κ2) is 13.1. The number of hydrogen-bond donors (Lipinski definition) is 2. The Morgan fingerprint density at radius 1 is 1.42 bits per heavy atom. The highest BCUT2D eigenvalue weighted by Crippen LogP contribution is 2.37. The van der Waals surface area contributed by atoms with Gasteiger partial charge in [-0.2, -0.15) is 17.6 Å². The summed E-state index contributed by atoms with van der Waals surface area (Å²) in [5.74, 6) is 0.715. The lowest BCUT2D eigenvalue weighted by Gasteiger charge is -2.19. The lowest BCUT2D eigenvalue weighted by Crippen LogP contribution is -2.34. The van der Waals surface area contributed by atoms with Crippen molar-refractivity contribution < 1.29 is 32.4 Å². The molecule has 0 radical (unpaired) electrons. The number of halogens is 1. The number of aromatic nitrogens is 2. The molecule has 31 heavy (non-hydrogen) atoms. The monoisotopic (exact) mass is 479 g/mol. The number of nitrogens with zero attached hydrogens (tertiary/aromatic N) is 2. The van der Waals surface area contributed by atoms with Gasteiger partial charge in [-0.25, -0.2) is 9.18 Å². The topological polar surface area (TPSA) is 110 Å². The number of thiol groups is 1. The number of ether oxygens (including phenoxy) is 3. The maximum Gasteiger partial charge on any atom is 0.351 e. The van der Waals surface area contributed by atoms with Crippen LogP contribution in [0.3, 0.4) is 0 Å². The highest BCUT2D eigenvalue weighted by atomic mass is 32.1. The van der Waals surface area contributed by atoms with Gasteiger partial charge in [-0.3, -0.25) is 9.36 Å². The SMILES string of the molecule is C=C(C)OCC1OC(n2ccc(NC(C)=O)nc2=O)C(F)C1OPOCCOCCS. The van der Waals surface area contributed by atoms with Crippen LogP contribution in [0.2, 0.25) is 0 Å². The molecule has 5 unspecified atom stereocenters. The molecule has 1 aromatic heterocycles. The predicted octanol–water partition coefficient (Wildman–Crippen LogP) is 1.84. The number of anilines is 1. The van der Waals surface area contributed by atoms with Gasteiger partial charge in [0.1, 0.15) is 24.6 Å². The summed E-state index contributed by atoms with van der Waals surface area (Å²) < 4.78 is 43.4. The summed E-state index contributed by atoms with van der Waals surface area (Å²) in [6.45, 7) is 7.71. The summed E-state index contributed by atoms with van der Waals surface area (Å²) in [6.07, 6.45) is -3.52. The second-order valence-electron chi connectivity index (χ2n) is 6.56. The molecule has 0 bridgehead atoms. The van der Waals surface area contributed by atoms with E-state index in [-0.39, 0.29) is 24.9 Å². The summed E-state index contributed by atoms with van der Waals surface area (Å²) in [6, 6.07) is 1.38. The van der Waals surface area contributed by atoms with E-state index in [0.717, 1.165) is 4.57 Å². The molecule has 174 valence electrons. The molecule has 1 fully saturated rings. The normalized spacial score (nSPS) is 23.4. The maximum absolute atomic E-state index is 15.2. The van der Waals surface area contributed by atoms with E-state index in [1.54, 1.807) is 6.92 Å². The van der Waals surface area contributed by atoms with E-state index in [2.05, 4.69) is 29.5 Å². The molecule has 10 nitrogen and oxygen atoms in total. The number of alkyl halides is 1. The molecule has 1 N–H and O–H groups in total. The third-order valence-electron chi connectivity index (χ3n) is 3.98. The zero-order valence-electron chi connectivity index (χ0n) is 17.3. The summed E-state index contributed by atoms with van der Waals surface area (Å²) in [5.41, 5.74) is -0.779. The van der Waals surface area contributed by atoms with Crippen molar-refractivity contribution in [1.82, 2.24) is 9.55 Å². The van der Waals surface area contributed by atoms with Crippen LogP contribution < -0.4 is 11.0 Å². The minimum atomic E-state index is -1.69. The highest BCUT2D eigenvalue weighted by molar-refractivity contribution is 7.80. The number of amides is 1. The quantitative estimate of drug-likeness (QED) is 0.191. The molecule has 2 rings (SSSR count). The first-order chi connectivity index (χ1) is 14.8. The lowest BCUT2D eigenvalue weighted by molar-refractivity contribution is -0.114. The average Bonchev–Trinajstić information content (AvgIpc) is 3.01. The minimum Gasteiger partial charge on any atom is -0.496 e. The number of rotatable bonds is 13. The van der Waals surface area contributed by atoms with Crippen LogP contribution in [0.25, 0.3) is 0 Å². The van der Waals surface area contributed by atoms with E-state index in [4.69, 9.17) is 23.3 Å². The fourth-order valence-corrected chi connectivity index (χ4v) is 3.43. The zero-order valence-corrected chi connectivity index (χ0v) is 19.2. The number of carbonyl (C=O) groups excluding carboxylic acids is 1. The Kier molecular flexibility index (Phi) is 10.9. The molecule has 2 heterocycles. The third kappa shape index (κ3) is 8.13. The van der Waals surface area contributed by atoms with E-state index in [0.29, 0.717) is 24.7 Å². The van der Waals surface area contributed by atoms with Gasteiger partial charge in [0.2, 0.25) is 5.91 Å². The van der Waals surface area contributed by atoms with Crippen molar-refractivity contribution in [3.8, 4) is 0 Å². The predicted molar refractivity (Wildman–Crippen MR) is 116 cm³/mol. The van der Waals surface area contributed by atoms with E-state index in [1.165, 1.54) is 19.2 Å². The standard InChI is InChI=1S/C18H27FN3O7PS/c1-11(2)26-10-13-16(29-30-27-7-6-25-8-9-31)15(19)17(28-13)22-5-4-14(20-12(3)23)21-18(22)24/h4-5,13,15-17,30-31H,1,6-10H2,2-3H3,(H,20,21,23,24). The third-order valence-corrected chi connectivity index (χ3v) is 4.85. The summed E-state index contributed by atoms with van der Waals surface area (Å²) in [5, 5.41) is 2.40. The van der Waals surface area contributed by atoms with Gasteiger partial charge in [0, 0.05) is 18.9 Å². The van der Waals surface area contributed by atoms with Crippen molar-refractivity contribution in [2.75, 3.05) is 37.5 Å². The largest absolute Gasteiger partial charge is 0.496 e. The van der Waals surface area contributed by atoms with Gasteiger partial charge in [0.15, 0.2) is 21.4 Å². The fraction of sp³-hybridized carbons (Fsp3) is 0.611. The maximum atomic E-state index is 15.2. The summed E-state index contributed by atoms with van der Waals surface area (Å²) >= 11 is 4.03. The molecule has 13 heteroatoms. The van der Waals surface area contributed by atoms with Crippen LogP contribution in [-0.4, -0.2) is 66.0 Å². The van der Waals surface area contributed by atoms with Crippen molar-refractivity contribution in [3.63, 3.8) is 0 Å². The molecule has 1 amide bonds. The molecule has 0 saturated carbocycles. The number of hydrogen-bond acceptors (Lipinski definition) is 9. The lowest BCUT2D eigenvalue weighted by atomic mass is 10.1. The van der Waals surface area contributed by atoms with Crippen molar-refractivity contribution >= 4 is 33.4 Å². The van der Waals surface area contributed by atoms with Gasteiger partial charge >= 0.3 is 5.69 Å². The highest BCUT2D eigenvalue weighted by Gasteiger charge is 2.48. The van der Waals surface area contributed by atoms with E-state index in [1.807, 2.05) is 0 Å². The Morgan fingerprint density at radius 3 is 2.84 bits per heavy atom. The minimum absolute atomic E-state index is 0.0153. The van der Waals surface area contributed by atoms with Crippen molar-refractivity contribution in [2.45, 2.75) is 38.5 Å². The Bertz CT molecular complexity index is 800. The van der Waals surface area contributed by atoms with Gasteiger partial charge in [0.25, 0.3) is 0 Å². The van der Waals surface area contributed by atoms with E-state index < -0.39 is 39.3 Å². The molecule has 0 aliphatic carbocycles. The zero-order chi connectivity index (χ0) is 22.8. The van der Waals surface area contributed by atoms with Crippen molar-refractivity contribution in [1.29, 1.82) is 0 Å². The van der Waals surface area contributed by atoms with Gasteiger partial charge in [-0.05, 0) is 13.0 Å². The van der Waals surface area contributed by atoms with Crippen LogP contribution in [0.5, 0.6) is 0 Å². The fourth-order valence-electron chi connectivity index (χ4n) is 2.67. The van der Waals surface area contributed by atoms with Crippen LogP contribution in [0.1, 0.15) is 20.1 Å². The van der Waals surface area contributed by atoms with Gasteiger partial charge < -0.3 is 28.6 Å².